The van der Waals surface area contributed by atoms with Gasteiger partial charge in [-0.15, -0.1) is 0 Å². The number of nitrogens with zero attached hydrogens (tertiary/aromatic N) is 3. The van der Waals surface area contributed by atoms with Crippen LogP contribution in [0.2, 0.25) is 0 Å². The standard InChI is InChI=1S/C17H28N4/c1-5-20(6-2)10-11-21-16(12-19-17(21)18)15-9-7-8-13(3)14(15)4/h7-9,16H,5-6,10-12H2,1-4H3,(H2,18,19). The van der Waals surface area contributed by atoms with Crippen molar-refractivity contribution in [3.05, 3.63) is 34.9 Å². The maximum absolute atomic E-state index is 6.12. The molecule has 0 aliphatic carbocycles. The lowest BCUT2D eigenvalue weighted by Gasteiger charge is -2.30. The number of guanidine groups is 1. The first-order valence-electron chi connectivity index (χ1n) is 7.93. The second-order valence-corrected chi connectivity index (χ2v) is 5.72. The van der Waals surface area contributed by atoms with E-state index in [0.717, 1.165) is 32.7 Å². The zero-order chi connectivity index (χ0) is 15.4. The van der Waals surface area contributed by atoms with Gasteiger partial charge >= 0.3 is 0 Å². The summed E-state index contributed by atoms with van der Waals surface area (Å²) in [5, 5.41) is 0. The zero-order valence-electron chi connectivity index (χ0n) is 13.8. The van der Waals surface area contributed by atoms with E-state index in [9.17, 15) is 0 Å². The van der Waals surface area contributed by atoms with Crippen LogP contribution in [0.1, 0.15) is 36.6 Å². The highest BCUT2D eigenvalue weighted by Gasteiger charge is 2.28. The van der Waals surface area contributed by atoms with Gasteiger partial charge in [0, 0.05) is 13.1 Å². The van der Waals surface area contributed by atoms with Crippen LogP contribution in [0.15, 0.2) is 23.2 Å². The van der Waals surface area contributed by atoms with Gasteiger partial charge in [0.2, 0.25) is 0 Å². The number of rotatable bonds is 6. The highest BCUT2D eigenvalue weighted by Crippen LogP contribution is 2.29. The monoisotopic (exact) mass is 288 g/mol. The molecular formula is C17H28N4. The first-order valence-corrected chi connectivity index (χ1v) is 7.93. The first-order chi connectivity index (χ1) is 10.1. The molecule has 0 saturated carbocycles. The summed E-state index contributed by atoms with van der Waals surface area (Å²) in [5.41, 5.74) is 10.2. The summed E-state index contributed by atoms with van der Waals surface area (Å²) >= 11 is 0. The average Bonchev–Trinajstić information content (AvgIpc) is 2.84. The van der Waals surface area contributed by atoms with E-state index in [4.69, 9.17) is 5.73 Å². The second-order valence-electron chi connectivity index (χ2n) is 5.72. The average molecular weight is 288 g/mol. The first kappa shape index (κ1) is 15.8. The molecule has 1 aromatic rings. The van der Waals surface area contributed by atoms with Crippen LogP contribution in [-0.2, 0) is 0 Å². The van der Waals surface area contributed by atoms with Crippen LogP contribution in [0, 0.1) is 13.8 Å². The molecule has 0 aromatic heterocycles. The van der Waals surface area contributed by atoms with Crippen molar-refractivity contribution in [2.75, 3.05) is 32.7 Å². The maximum Gasteiger partial charge on any atom is 0.191 e. The third-order valence-corrected chi connectivity index (χ3v) is 4.65. The molecule has 1 aromatic carbocycles. The lowest BCUT2D eigenvalue weighted by atomic mass is 9.97. The minimum absolute atomic E-state index is 0.292. The second kappa shape index (κ2) is 6.94. The highest BCUT2D eigenvalue weighted by atomic mass is 15.3. The quantitative estimate of drug-likeness (QED) is 0.873. The van der Waals surface area contributed by atoms with E-state index >= 15 is 0 Å². The van der Waals surface area contributed by atoms with Gasteiger partial charge < -0.3 is 15.5 Å². The summed E-state index contributed by atoms with van der Waals surface area (Å²) < 4.78 is 0. The van der Waals surface area contributed by atoms with Gasteiger partial charge in [-0.1, -0.05) is 32.0 Å². The molecule has 2 rings (SSSR count). The molecule has 0 fully saturated rings. The van der Waals surface area contributed by atoms with E-state index in [1.54, 1.807) is 0 Å². The van der Waals surface area contributed by atoms with Crippen molar-refractivity contribution in [1.29, 1.82) is 0 Å². The SMILES string of the molecule is CCN(CC)CCN1C(N)=NCC1c1cccc(C)c1C. The van der Waals surface area contributed by atoms with E-state index in [0.29, 0.717) is 12.0 Å². The number of aliphatic imine (C=N–C) groups is 1. The fraction of sp³-hybridized carbons (Fsp3) is 0.588. The normalized spacial score (nSPS) is 18.4. The molecular weight excluding hydrogens is 260 g/mol. The molecule has 0 radical (unpaired) electrons. The van der Waals surface area contributed by atoms with Gasteiger partial charge in [0.15, 0.2) is 5.96 Å². The van der Waals surface area contributed by atoms with Crippen LogP contribution in [-0.4, -0.2) is 48.5 Å². The Morgan fingerprint density at radius 1 is 1.29 bits per heavy atom. The molecule has 1 aliphatic rings. The molecule has 1 atom stereocenters. The summed E-state index contributed by atoms with van der Waals surface area (Å²) in [4.78, 5) is 9.16. The fourth-order valence-electron chi connectivity index (χ4n) is 2.99. The number of nitrogens with two attached hydrogens (primary N) is 1. The van der Waals surface area contributed by atoms with Crippen molar-refractivity contribution >= 4 is 5.96 Å². The Kier molecular flexibility index (Phi) is 5.23. The molecule has 2 N–H and O–H groups in total. The van der Waals surface area contributed by atoms with E-state index in [1.165, 1.54) is 16.7 Å². The van der Waals surface area contributed by atoms with Crippen LogP contribution >= 0.6 is 0 Å². The summed E-state index contributed by atoms with van der Waals surface area (Å²) in [7, 11) is 0. The Labute approximate surface area is 128 Å². The molecule has 4 heteroatoms. The summed E-state index contributed by atoms with van der Waals surface area (Å²) in [6.07, 6.45) is 0. The van der Waals surface area contributed by atoms with Crippen molar-refractivity contribution < 1.29 is 0 Å². The largest absolute Gasteiger partial charge is 0.370 e. The molecule has 1 heterocycles. The summed E-state index contributed by atoms with van der Waals surface area (Å²) in [6.45, 7) is 13.7. The molecule has 116 valence electrons. The molecule has 0 saturated heterocycles. The number of likely N-dealkylation sites (N-methyl/N-ethyl adjacent to an activating group) is 1. The lowest BCUT2D eigenvalue weighted by Crippen LogP contribution is -2.41. The van der Waals surface area contributed by atoms with Crippen LogP contribution in [0.4, 0.5) is 0 Å². The van der Waals surface area contributed by atoms with Gasteiger partial charge in [-0.3, -0.25) is 4.99 Å². The van der Waals surface area contributed by atoms with Crippen LogP contribution in [0.3, 0.4) is 0 Å². The van der Waals surface area contributed by atoms with Gasteiger partial charge in [0.25, 0.3) is 0 Å². The smallest absolute Gasteiger partial charge is 0.191 e. The minimum atomic E-state index is 0.292. The van der Waals surface area contributed by atoms with Crippen molar-refractivity contribution in [3.63, 3.8) is 0 Å². The fourth-order valence-corrected chi connectivity index (χ4v) is 2.99. The molecule has 0 bridgehead atoms. The van der Waals surface area contributed by atoms with Gasteiger partial charge in [0.05, 0.1) is 12.6 Å². The Balaban J connectivity index is 2.14. The highest BCUT2D eigenvalue weighted by molar-refractivity contribution is 5.80. The number of hydrogen-bond donors (Lipinski definition) is 1. The zero-order valence-corrected chi connectivity index (χ0v) is 13.8. The Bertz CT molecular complexity index is 506. The Morgan fingerprint density at radius 2 is 2.00 bits per heavy atom. The van der Waals surface area contributed by atoms with Crippen molar-refractivity contribution in [3.8, 4) is 0 Å². The van der Waals surface area contributed by atoms with E-state index in [1.807, 2.05) is 0 Å². The molecule has 0 amide bonds. The van der Waals surface area contributed by atoms with Crippen LogP contribution in [0.25, 0.3) is 0 Å². The van der Waals surface area contributed by atoms with Gasteiger partial charge in [-0.25, -0.2) is 0 Å². The van der Waals surface area contributed by atoms with Gasteiger partial charge in [-0.05, 0) is 43.6 Å². The summed E-state index contributed by atoms with van der Waals surface area (Å²) in [5.74, 6) is 0.688. The Hall–Kier alpha value is -1.55. The van der Waals surface area contributed by atoms with E-state index < -0.39 is 0 Å². The predicted molar refractivity (Wildman–Crippen MR) is 89.6 cm³/mol. The number of aryl methyl sites for hydroxylation is 1. The molecule has 0 spiro atoms. The number of hydrogen-bond acceptors (Lipinski definition) is 4. The minimum Gasteiger partial charge on any atom is -0.370 e. The lowest BCUT2D eigenvalue weighted by molar-refractivity contribution is 0.248. The third kappa shape index (κ3) is 3.38. The van der Waals surface area contributed by atoms with Crippen LogP contribution in [0.5, 0.6) is 0 Å². The van der Waals surface area contributed by atoms with Gasteiger partial charge in [-0.2, -0.15) is 0 Å². The van der Waals surface area contributed by atoms with E-state index in [2.05, 4.69) is 60.7 Å². The van der Waals surface area contributed by atoms with Crippen molar-refractivity contribution in [1.82, 2.24) is 9.80 Å². The van der Waals surface area contributed by atoms with E-state index in [-0.39, 0.29) is 0 Å². The maximum atomic E-state index is 6.12. The Morgan fingerprint density at radius 3 is 2.67 bits per heavy atom. The van der Waals surface area contributed by atoms with Crippen LogP contribution < -0.4 is 5.73 Å². The number of benzene rings is 1. The molecule has 4 nitrogen and oxygen atoms in total. The van der Waals surface area contributed by atoms with Crippen molar-refractivity contribution in [2.24, 2.45) is 10.7 Å². The third-order valence-electron chi connectivity index (χ3n) is 4.65. The molecule has 1 aliphatic heterocycles. The van der Waals surface area contributed by atoms with Gasteiger partial charge in [0.1, 0.15) is 0 Å². The topological polar surface area (TPSA) is 44.9 Å². The summed E-state index contributed by atoms with van der Waals surface area (Å²) in [6, 6.07) is 6.80. The predicted octanol–water partition coefficient (Wildman–Crippen LogP) is 2.32. The van der Waals surface area contributed by atoms with Crippen molar-refractivity contribution in [2.45, 2.75) is 33.7 Å². The molecule has 21 heavy (non-hydrogen) atoms. The molecule has 1 unspecified atom stereocenters.